The second kappa shape index (κ2) is 16.1. The molecule has 14 rings (SSSR count). The average Bonchev–Trinajstić information content (AvgIpc) is 3.42. The van der Waals surface area contributed by atoms with Crippen LogP contribution in [-0.2, 0) is 0 Å². The summed E-state index contributed by atoms with van der Waals surface area (Å²) < 4.78 is 0. The molecule has 0 bridgehead atoms. The molecule has 0 saturated heterocycles. The highest BCUT2D eigenvalue weighted by molar-refractivity contribution is 6.28. The Bertz CT molecular complexity index is 3880. The third kappa shape index (κ3) is 6.65. The minimum atomic E-state index is 0.668. The van der Waals surface area contributed by atoms with Gasteiger partial charge in [-0.2, -0.15) is 0 Å². The van der Waals surface area contributed by atoms with Gasteiger partial charge in [0, 0.05) is 33.9 Å². The largest absolute Gasteiger partial charge is 0.307 e. The maximum absolute atomic E-state index is 5.14. The molecule has 0 saturated carbocycles. The van der Waals surface area contributed by atoms with E-state index in [1.54, 1.807) is 0 Å². The first kappa shape index (κ1) is 39.6. The molecule has 0 spiro atoms. The smallest absolute Gasteiger partial charge is 0.159 e. The summed E-state index contributed by atoms with van der Waals surface area (Å²) in [5.41, 5.74) is 7.86. The highest BCUT2D eigenvalue weighted by Crippen LogP contribution is 2.45. The zero-order chi connectivity index (χ0) is 46.1. The number of hydrogen-bond acceptors (Lipinski definition) is 6. The Kier molecular flexibility index (Phi) is 9.10. The molecule has 70 heavy (non-hydrogen) atoms. The van der Waals surface area contributed by atoms with Crippen molar-refractivity contribution in [1.82, 2.24) is 19.9 Å². The Balaban J connectivity index is 0.855. The van der Waals surface area contributed by atoms with Crippen molar-refractivity contribution >= 4 is 110 Å². The van der Waals surface area contributed by atoms with Crippen LogP contribution in [0.15, 0.2) is 243 Å². The van der Waals surface area contributed by atoms with Crippen LogP contribution in [0.3, 0.4) is 0 Å². The van der Waals surface area contributed by atoms with E-state index in [1.807, 2.05) is 24.8 Å². The SMILES string of the molecule is c1ccc2cc(N(c3cnc(-c4cc5cccc6c(-c7ncc(N(c8ccc9ccccc9c8)c8ccc9ccccc9c8)cn7)cc7cccc4c7c56)nc3)c3ccc4ccccc4c3)ccc2c1. The molecule has 0 aliphatic carbocycles. The summed E-state index contributed by atoms with van der Waals surface area (Å²) in [5, 5.41) is 16.2. The van der Waals surface area contributed by atoms with Gasteiger partial charge < -0.3 is 9.80 Å². The van der Waals surface area contributed by atoms with E-state index in [0.29, 0.717) is 11.6 Å². The highest BCUT2D eigenvalue weighted by Gasteiger charge is 2.21. The van der Waals surface area contributed by atoms with Gasteiger partial charge in [-0.1, -0.05) is 158 Å². The molecule has 2 aromatic heterocycles. The van der Waals surface area contributed by atoms with Gasteiger partial charge in [0.2, 0.25) is 0 Å². The first-order chi connectivity index (χ1) is 34.7. The standard InChI is InChI=1S/C64H40N6/c1-5-15-45-31-51(27-23-41(45)11-1)69(52-28-24-42-12-2-6-16-46(42)32-52)55-37-65-63(66-38-55)59-35-49-19-10-22-58-60(36-50-20-9-21-57(59)61(50)62(49)58)64-67-39-56(40-68-64)70(53-29-25-43-13-3-7-17-47(43)33-53)54-30-26-44-14-4-8-18-48(44)34-54/h1-40H. The predicted molar refractivity (Wildman–Crippen MR) is 292 cm³/mol. The Hall–Kier alpha value is -9.52. The normalized spacial score (nSPS) is 11.7. The fourth-order valence-corrected chi connectivity index (χ4v) is 10.5. The number of benzene rings is 12. The van der Waals surface area contributed by atoms with E-state index in [-0.39, 0.29) is 0 Å². The van der Waals surface area contributed by atoms with Crippen LogP contribution in [0.2, 0.25) is 0 Å². The number of anilines is 6. The van der Waals surface area contributed by atoms with Gasteiger partial charge in [0.25, 0.3) is 0 Å². The van der Waals surface area contributed by atoms with Gasteiger partial charge in [-0.25, -0.2) is 19.9 Å². The number of nitrogens with zero attached hydrogens (tertiary/aromatic N) is 6. The third-order valence-corrected chi connectivity index (χ3v) is 13.9. The zero-order valence-corrected chi connectivity index (χ0v) is 37.8. The Morgan fingerprint density at radius 2 is 0.514 bits per heavy atom. The molecule has 0 radical (unpaired) electrons. The molecular formula is C64H40N6. The Morgan fingerprint density at radius 1 is 0.229 bits per heavy atom. The molecule has 14 aromatic rings. The maximum Gasteiger partial charge on any atom is 0.159 e. The van der Waals surface area contributed by atoms with Crippen LogP contribution in [0, 0.1) is 0 Å². The minimum absolute atomic E-state index is 0.668. The summed E-state index contributed by atoms with van der Waals surface area (Å²) in [6, 6.07) is 77.7. The highest BCUT2D eigenvalue weighted by atomic mass is 15.2. The molecule has 0 amide bonds. The number of aromatic nitrogens is 4. The first-order valence-electron chi connectivity index (χ1n) is 23.6. The first-order valence-corrected chi connectivity index (χ1v) is 23.6. The van der Waals surface area contributed by atoms with Crippen LogP contribution in [0.4, 0.5) is 34.1 Å². The van der Waals surface area contributed by atoms with Crippen molar-refractivity contribution < 1.29 is 0 Å². The Labute approximate surface area is 403 Å². The molecule has 0 fully saturated rings. The van der Waals surface area contributed by atoms with Crippen LogP contribution in [-0.4, -0.2) is 19.9 Å². The van der Waals surface area contributed by atoms with Crippen LogP contribution in [0.1, 0.15) is 0 Å². The summed E-state index contributed by atoms with van der Waals surface area (Å²) in [4.78, 5) is 25.0. The lowest BCUT2D eigenvalue weighted by atomic mass is 9.88. The van der Waals surface area contributed by atoms with Gasteiger partial charge in [0.05, 0.1) is 36.2 Å². The lowest BCUT2D eigenvalue weighted by Crippen LogP contribution is -2.11. The van der Waals surface area contributed by atoms with Crippen molar-refractivity contribution in [2.75, 3.05) is 9.80 Å². The zero-order valence-electron chi connectivity index (χ0n) is 37.8. The minimum Gasteiger partial charge on any atom is -0.307 e. The van der Waals surface area contributed by atoms with E-state index in [4.69, 9.17) is 19.9 Å². The summed E-state index contributed by atoms with van der Waals surface area (Å²) in [5.74, 6) is 1.34. The van der Waals surface area contributed by atoms with E-state index in [9.17, 15) is 0 Å². The fraction of sp³-hybridized carbons (Fsp3) is 0. The van der Waals surface area contributed by atoms with Gasteiger partial charge in [-0.3, -0.25) is 0 Å². The molecule has 0 unspecified atom stereocenters. The van der Waals surface area contributed by atoms with E-state index >= 15 is 0 Å². The molecule has 0 atom stereocenters. The van der Waals surface area contributed by atoms with Crippen molar-refractivity contribution in [3.63, 3.8) is 0 Å². The summed E-state index contributed by atoms with van der Waals surface area (Å²) in [7, 11) is 0. The quantitative estimate of drug-likeness (QED) is 0.142. The predicted octanol–water partition coefficient (Wildman–Crippen LogP) is 17.1. The van der Waals surface area contributed by atoms with Crippen molar-refractivity contribution in [3.8, 4) is 22.8 Å². The molecule has 0 aliphatic heterocycles. The fourth-order valence-electron chi connectivity index (χ4n) is 10.5. The van der Waals surface area contributed by atoms with Gasteiger partial charge in [-0.15, -0.1) is 0 Å². The molecule has 0 N–H and O–H groups in total. The van der Waals surface area contributed by atoms with Crippen molar-refractivity contribution in [1.29, 1.82) is 0 Å². The summed E-state index contributed by atoms with van der Waals surface area (Å²) >= 11 is 0. The van der Waals surface area contributed by atoms with Crippen molar-refractivity contribution in [3.05, 3.63) is 243 Å². The van der Waals surface area contributed by atoms with Crippen LogP contribution >= 0.6 is 0 Å². The molecule has 6 nitrogen and oxygen atoms in total. The van der Waals surface area contributed by atoms with Gasteiger partial charge in [-0.05, 0) is 136 Å². The van der Waals surface area contributed by atoms with Crippen LogP contribution < -0.4 is 9.80 Å². The Morgan fingerprint density at radius 3 is 0.829 bits per heavy atom. The van der Waals surface area contributed by atoms with Gasteiger partial charge >= 0.3 is 0 Å². The van der Waals surface area contributed by atoms with Crippen molar-refractivity contribution in [2.24, 2.45) is 0 Å². The molecular weight excluding hydrogens is 853 g/mol. The second-order valence-electron chi connectivity index (χ2n) is 18.0. The topological polar surface area (TPSA) is 58.0 Å². The van der Waals surface area contributed by atoms with E-state index < -0.39 is 0 Å². The molecule has 12 aromatic carbocycles. The second-order valence-corrected chi connectivity index (χ2v) is 18.0. The number of hydrogen-bond donors (Lipinski definition) is 0. The van der Waals surface area contributed by atoms with Crippen molar-refractivity contribution in [2.45, 2.75) is 0 Å². The molecule has 0 aliphatic rings. The number of fused-ring (bicyclic) bond motifs is 4. The van der Waals surface area contributed by atoms with Crippen LogP contribution in [0.5, 0.6) is 0 Å². The summed E-state index contributed by atoms with van der Waals surface area (Å²) in [6.07, 6.45) is 7.81. The number of rotatable bonds is 8. The monoisotopic (exact) mass is 892 g/mol. The summed E-state index contributed by atoms with van der Waals surface area (Å²) in [6.45, 7) is 0. The molecule has 6 heteroatoms. The average molecular weight is 893 g/mol. The van der Waals surface area contributed by atoms with E-state index in [0.717, 1.165) is 66.8 Å². The lowest BCUT2D eigenvalue weighted by molar-refractivity contribution is 1.14. The maximum atomic E-state index is 5.14. The lowest BCUT2D eigenvalue weighted by Gasteiger charge is -2.26. The third-order valence-electron chi connectivity index (χ3n) is 13.9. The molecule has 2 heterocycles. The van der Waals surface area contributed by atoms with Crippen LogP contribution in [0.25, 0.3) is 98.2 Å². The van der Waals surface area contributed by atoms with Gasteiger partial charge in [0.15, 0.2) is 11.6 Å². The van der Waals surface area contributed by atoms with E-state index in [2.05, 4.69) is 228 Å². The molecule has 326 valence electrons. The van der Waals surface area contributed by atoms with Gasteiger partial charge in [0.1, 0.15) is 0 Å². The van der Waals surface area contributed by atoms with E-state index in [1.165, 1.54) is 53.9 Å².